The molecule has 0 atom stereocenters. The molecule has 2 rings (SSSR count). The van der Waals surface area contributed by atoms with E-state index in [0.717, 1.165) is 0 Å². The van der Waals surface area contributed by atoms with Gasteiger partial charge in [0.15, 0.2) is 0 Å². The second-order valence-electron chi connectivity index (χ2n) is 6.04. The first-order valence-electron chi connectivity index (χ1n) is 7.60. The Hall–Kier alpha value is -4.04. The number of carboxylic acids is 2. The molecule has 0 fully saturated rings. The lowest BCUT2D eigenvalue weighted by Crippen LogP contribution is -2.22. The Bertz CT molecular complexity index is 919. The molecule has 0 aliphatic carbocycles. The van der Waals surface area contributed by atoms with Gasteiger partial charge in [-0.15, -0.1) is 10.5 Å². The first-order chi connectivity index (χ1) is 12.7. The van der Waals surface area contributed by atoms with E-state index >= 15 is 0 Å². The predicted octanol–water partition coefficient (Wildman–Crippen LogP) is 3.13. The molecule has 136 valence electrons. The van der Waals surface area contributed by atoms with Crippen LogP contribution in [0.1, 0.15) is 45.7 Å². The highest BCUT2D eigenvalue weighted by atomic mass is 16.5. The zero-order valence-electron chi connectivity index (χ0n) is 14.4. The van der Waals surface area contributed by atoms with E-state index in [0.29, 0.717) is 11.1 Å². The topological polar surface area (TPSA) is 141 Å². The highest BCUT2D eigenvalue weighted by Crippen LogP contribution is 2.42. The van der Waals surface area contributed by atoms with Gasteiger partial charge in [-0.05, 0) is 36.4 Å². The summed E-state index contributed by atoms with van der Waals surface area (Å²) < 4.78 is 9.90. The average molecular weight is 366 g/mol. The fraction of sp³-hybridized carbons (Fsp3) is 0.158. The molecule has 0 saturated heterocycles. The van der Waals surface area contributed by atoms with Crippen LogP contribution in [0.5, 0.6) is 11.5 Å². The van der Waals surface area contributed by atoms with E-state index in [1.165, 1.54) is 36.4 Å². The highest BCUT2D eigenvalue weighted by molar-refractivity contribution is 5.89. The van der Waals surface area contributed by atoms with Crippen molar-refractivity contribution in [3.05, 3.63) is 58.7 Å². The Morgan fingerprint density at radius 2 is 1.22 bits per heavy atom. The summed E-state index contributed by atoms with van der Waals surface area (Å²) in [5.41, 5.74) is -0.514. The number of carboxylic acid groups (broad SMARTS) is 2. The van der Waals surface area contributed by atoms with E-state index in [1.807, 2.05) is 0 Å². The van der Waals surface area contributed by atoms with Crippen molar-refractivity contribution in [3.8, 4) is 24.0 Å². The van der Waals surface area contributed by atoms with Crippen LogP contribution in [0.2, 0.25) is 0 Å². The van der Waals surface area contributed by atoms with Crippen LogP contribution in [0, 0.1) is 23.0 Å². The molecule has 0 unspecified atom stereocenters. The number of hydrogen-bond donors (Lipinski definition) is 2. The molecule has 0 aliphatic rings. The van der Waals surface area contributed by atoms with Crippen molar-refractivity contribution in [1.82, 2.24) is 0 Å². The number of nitrogens with zero attached hydrogens (tertiary/aromatic N) is 2. The lowest BCUT2D eigenvalue weighted by molar-refractivity contribution is 0.0686. The number of nitriles is 2. The smallest absolute Gasteiger partial charge is 0.335 e. The van der Waals surface area contributed by atoms with Gasteiger partial charge in [-0.2, -0.15) is 0 Å². The minimum Gasteiger partial charge on any atom is -0.478 e. The zero-order valence-corrected chi connectivity index (χ0v) is 14.4. The van der Waals surface area contributed by atoms with Crippen molar-refractivity contribution < 1.29 is 29.3 Å². The van der Waals surface area contributed by atoms with Gasteiger partial charge in [-0.25, -0.2) is 9.59 Å². The van der Waals surface area contributed by atoms with Crippen molar-refractivity contribution >= 4 is 11.9 Å². The summed E-state index contributed by atoms with van der Waals surface area (Å²) in [6.45, 7) is 3.34. The molecule has 0 aromatic heterocycles. The first-order valence-corrected chi connectivity index (χ1v) is 7.60. The van der Waals surface area contributed by atoms with Gasteiger partial charge in [0.1, 0.15) is 11.5 Å². The van der Waals surface area contributed by atoms with Crippen LogP contribution in [-0.4, -0.2) is 22.2 Å². The van der Waals surface area contributed by atoms with Crippen LogP contribution in [0.25, 0.3) is 0 Å². The second-order valence-corrected chi connectivity index (χ2v) is 6.04. The van der Waals surface area contributed by atoms with E-state index < -0.39 is 17.4 Å². The summed E-state index contributed by atoms with van der Waals surface area (Å²) in [4.78, 5) is 22.7. The fourth-order valence-electron chi connectivity index (χ4n) is 2.72. The Morgan fingerprint density at radius 1 is 0.852 bits per heavy atom. The minimum absolute atomic E-state index is 0.0412. The number of carbonyl (C=O) groups is 2. The Morgan fingerprint density at radius 3 is 1.52 bits per heavy atom. The summed E-state index contributed by atoms with van der Waals surface area (Å²) in [6.07, 6.45) is 3.08. The quantitative estimate of drug-likeness (QED) is 0.743. The van der Waals surface area contributed by atoms with Gasteiger partial charge in [0, 0.05) is 16.5 Å². The van der Waals surface area contributed by atoms with Gasteiger partial charge in [-0.3, -0.25) is 0 Å². The van der Waals surface area contributed by atoms with Gasteiger partial charge in [-0.1, -0.05) is 13.8 Å². The molecule has 0 spiro atoms. The van der Waals surface area contributed by atoms with E-state index in [4.69, 9.17) is 20.0 Å². The molecular formula is C19H14N2O6. The van der Waals surface area contributed by atoms with Crippen molar-refractivity contribution in [3.63, 3.8) is 0 Å². The molecule has 0 aliphatic heterocycles. The van der Waals surface area contributed by atoms with E-state index in [2.05, 4.69) is 0 Å². The SMILES string of the molecule is CC(C)(c1cc(C(=O)O)ccc1OC#N)c1cc(C(=O)O)ccc1OC#N. The zero-order chi connectivity index (χ0) is 20.2. The number of hydrogen-bond acceptors (Lipinski definition) is 6. The predicted molar refractivity (Wildman–Crippen MR) is 91.4 cm³/mol. The van der Waals surface area contributed by atoms with Crippen LogP contribution in [0.15, 0.2) is 36.4 Å². The van der Waals surface area contributed by atoms with Crippen LogP contribution in [0.3, 0.4) is 0 Å². The van der Waals surface area contributed by atoms with E-state index in [9.17, 15) is 19.8 Å². The normalized spacial score (nSPS) is 10.4. The molecule has 8 heteroatoms. The van der Waals surface area contributed by atoms with Crippen molar-refractivity contribution in [1.29, 1.82) is 10.5 Å². The second kappa shape index (κ2) is 7.46. The molecule has 2 aromatic rings. The molecule has 0 bridgehead atoms. The minimum atomic E-state index is -1.18. The summed E-state index contributed by atoms with van der Waals surface area (Å²) in [5.74, 6) is -2.14. The molecular weight excluding hydrogens is 352 g/mol. The van der Waals surface area contributed by atoms with E-state index in [1.54, 1.807) is 26.4 Å². The number of benzene rings is 2. The van der Waals surface area contributed by atoms with E-state index in [-0.39, 0.29) is 22.6 Å². The van der Waals surface area contributed by atoms with Crippen molar-refractivity contribution in [2.75, 3.05) is 0 Å². The third kappa shape index (κ3) is 3.80. The summed E-state index contributed by atoms with van der Waals surface area (Å²) in [5, 5.41) is 36.3. The number of rotatable bonds is 6. The van der Waals surface area contributed by atoms with Crippen molar-refractivity contribution in [2.45, 2.75) is 19.3 Å². The molecule has 2 N–H and O–H groups in total. The molecule has 0 heterocycles. The van der Waals surface area contributed by atoms with Gasteiger partial charge < -0.3 is 19.7 Å². The van der Waals surface area contributed by atoms with Gasteiger partial charge in [0.2, 0.25) is 0 Å². The van der Waals surface area contributed by atoms with Crippen LogP contribution in [0.4, 0.5) is 0 Å². The summed E-state index contributed by atoms with van der Waals surface area (Å²) in [6, 6.07) is 7.92. The molecule has 2 aromatic carbocycles. The monoisotopic (exact) mass is 366 g/mol. The first kappa shape index (κ1) is 19.3. The average Bonchev–Trinajstić information content (AvgIpc) is 2.62. The molecule has 0 saturated carbocycles. The van der Waals surface area contributed by atoms with Crippen LogP contribution >= 0.6 is 0 Å². The third-order valence-corrected chi connectivity index (χ3v) is 4.11. The van der Waals surface area contributed by atoms with Gasteiger partial charge in [0.05, 0.1) is 11.1 Å². The molecule has 0 radical (unpaired) electrons. The van der Waals surface area contributed by atoms with Crippen molar-refractivity contribution in [2.24, 2.45) is 0 Å². The fourth-order valence-corrected chi connectivity index (χ4v) is 2.72. The lowest BCUT2D eigenvalue weighted by atomic mass is 9.76. The van der Waals surface area contributed by atoms with Crippen LogP contribution in [-0.2, 0) is 5.41 Å². The molecule has 8 nitrogen and oxygen atoms in total. The maximum Gasteiger partial charge on any atom is 0.335 e. The Kier molecular flexibility index (Phi) is 5.33. The third-order valence-electron chi connectivity index (χ3n) is 4.11. The van der Waals surface area contributed by atoms with Gasteiger partial charge in [0.25, 0.3) is 12.5 Å². The molecule has 0 amide bonds. The van der Waals surface area contributed by atoms with Crippen LogP contribution < -0.4 is 9.47 Å². The Balaban J connectivity index is 2.78. The number of ether oxygens (including phenoxy) is 2. The maximum atomic E-state index is 11.3. The largest absolute Gasteiger partial charge is 0.478 e. The lowest BCUT2D eigenvalue weighted by Gasteiger charge is -2.29. The van der Waals surface area contributed by atoms with Gasteiger partial charge >= 0.3 is 11.9 Å². The standard InChI is InChI=1S/C19H14N2O6/c1-19(2,13-7-11(17(22)23)3-5-15(13)26-9-20)14-8-12(18(24)25)4-6-16(14)27-10-21/h3-8H,1-2H3,(H,22,23)(H,24,25). The molecule has 27 heavy (non-hydrogen) atoms. The summed E-state index contributed by atoms with van der Waals surface area (Å²) >= 11 is 0. The summed E-state index contributed by atoms with van der Waals surface area (Å²) in [7, 11) is 0. The maximum absolute atomic E-state index is 11.3. The highest BCUT2D eigenvalue weighted by Gasteiger charge is 2.32. The number of aromatic carboxylic acids is 2. The Labute approximate surface area is 154 Å².